The quantitative estimate of drug-likeness (QED) is 0.267. The van der Waals surface area contributed by atoms with Gasteiger partial charge >= 0.3 is 5.97 Å². The van der Waals surface area contributed by atoms with E-state index in [1.54, 1.807) is 13.0 Å². The molecule has 0 aromatic heterocycles. The second-order valence-corrected chi connectivity index (χ2v) is 3.82. The number of ether oxygens (including phenoxy) is 2. The summed E-state index contributed by atoms with van der Waals surface area (Å²) in [5, 5.41) is 12.2. The summed E-state index contributed by atoms with van der Waals surface area (Å²) < 4.78 is 10.2. The van der Waals surface area contributed by atoms with Crippen LogP contribution in [0.15, 0.2) is 24.6 Å². The smallest absolute Gasteiger partial charge is 0.330 e. The summed E-state index contributed by atoms with van der Waals surface area (Å²) in [6.07, 6.45) is 4.11. The minimum absolute atomic E-state index is 0.267. The molecule has 2 N–H and O–H groups in total. The minimum Gasteiger partial charge on any atom is -0.477 e. The van der Waals surface area contributed by atoms with E-state index < -0.39 is 12.1 Å². The molecule has 0 saturated heterocycles. The van der Waals surface area contributed by atoms with Gasteiger partial charge in [-0.3, -0.25) is 0 Å². The SMILES string of the molecule is C=CC(=O)OCCCCNC(=CC)OCC(C)O. The molecule has 0 amide bonds. The standard InChI is InChI=1S/C13H23NO4/c1-4-12(18-10-11(3)15)14-8-6-7-9-17-13(16)5-2/h4-5,11,14-15H,2,6-10H2,1,3H3. The summed E-state index contributed by atoms with van der Waals surface area (Å²) >= 11 is 0. The first-order valence-corrected chi connectivity index (χ1v) is 6.10. The second-order valence-electron chi connectivity index (χ2n) is 3.82. The molecule has 5 nitrogen and oxygen atoms in total. The predicted octanol–water partition coefficient (Wildman–Crippen LogP) is 1.34. The Bertz CT molecular complexity index is 274. The third kappa shape index (κ3) is 9.72. The molecule has 0 rings (SSSR count). The second kappa shape index (κ2) is 10.7. The van der Waals surface area contributed by atoms with Crippen LogP contribution in [0.3, 0.4) is 0 Å². The molecule has 0 aliphatic carbocycles. The fraction of sp³-hybridized carbons (Fsp3) is 0.615. The van der Waals surface area contributed by atoms with Crippen LogP contribution in [0, 0.1) is 0 Å². The van der Waals surface area contributed by atoms with Crippen molar-refractivity contribution >= 4 is 5.97 Å². The molecule has 5 heteroatoms. The number of carbonyl (C=O) groups excluding carboxylic acids is 1. The van der Waals surface area contributed by atoms with Crippen LogP contribution in [-0.2, 0) is 14.3 Å². The minimum atomic E-state index is -0.486. The lowest BCUT2D eigenvalue weighted by Crippen LogP contribution is -2.21. The lowest BCUT2D eigenvalue weighted by molar-refractivity contribution is -0.137. The lowest BCUT2D eigenvalue weighted by Gasteiger charge is -2.13. The summed E-state index contributed by atoms with van der Waals surface area (Å²) in [5.41, 5.74) is 0. The number of allylic oxidation sites excluding steroid dienone is 1. The lowest BCUT2D eigenvalue weighted by atomic mass is 10.3. The Morgan fingerprint density at radius 1 is 1.44 bits per heavy atom. The first kappa shape index (κ1) is 16.5. The van der Waals surface area contributed by atoms with Crippen molar-refractivity contribution in [3.8, 4) is 0 Å². The molecule has 18 heavy (non-hydrogen) atoms. The zero-order chi connectivity index (χ0) is 13.8. The van der Waals surface area contributed by atoms with Crippen molar-refractivity contribution in [2.75, 3.05) is 19.8 Å². The Balaban J connectivity index is 3.51. The highest BCUT2D eigenvalue weighted by molar-refractivity contribution is 5.81. The molecule has 1 atom stereocenters. The van der Waals surface area contributed by atoms with Gasteiger partial charge in [0.2, 0.25) is 0 Å². The molecular weight excluding hydrogens is 234 g/mol. The molecule has 0 aromatic rings. The number of carbonyl (C=O) groups is 1. The highest BCUT2D eigenvalue weighted by Gasteiger charge is 2.00. The number of rotatable bonds is 10. The number of nitrogens with one attached hydrogen (secondary N) is 1. The van der Waals surface area contributed by atoms with E-state index in [4.69, 9.17) is 14.6 Å². The Kier molecular flexibility index (Phi) is 9.77. The molecule has 0 heterocycles. The molecule has 0 bridgehead atoms. The maximum Gasteiger partial charge on any atom is 0.330 e. The summed E-state index contributed by atoms with van der Waals surface area (Å²) in [6.45, 7) is 8.23. The van der Waals surface area contributed by atoms with Gasteiger partial charge in [-0.25, -0.2) is 4.79 Å². The van der Waals surface area contributed by atoms with E-state index in [0.29, 0.717) is 12.5 Å². The molecule has 0 aromatic carbocycles. The number of unbranched alkanes of at least 4 members (excludes halogenated alkanes) is 1. The van der Waals surface area contributed by atoms with Gasteiger partial charge < -0.3 is 19.9 Å². The maximum absolute atomic E-state index is 10.7. The van der Waals surface area contributed by atoms with E-state index >= 15 is 0 Å². The van der Waals surface area contributed by atoms with E-state index in [1.165, 1.54) is 0 Å². The van der Waals surface area contributed by atoms with Crippen molar-refractivity contribution in [1.82, 2.24) is 5.32 Å². The van der Waals surface area contributed by atoms with Gasteiger partial charge in [0.05, 0.1) is 12.7 Å². The summed E-state index contributed by atoms with van der Waals surface area (Å²) in [7, 11) is 0. The average molecular weight is 257 g/mol. The van der Waals surface area contributed by atoms with Gasteiger partial charge in [0.25, 0.3) is 0 Å². The van der Waals surface area contributed by atoms with E-state index in [-0.39, 0.29) is 6.61 Å². The molecule has 1 unspecified atom stereocenters. The third-order valence-electron chi connectivity index (χ3n) is 2.02. The van der Waals surface area contributed by atoms with Gasteiger partial charge in [0, 0.05) is 12.6 Å². The fourth-order valence-electron chi connectivity index (χ4n) is 1.12. The first-order chi connectivity index (χ1) is 8.60. The maximum atomic E-state index is 10.7. The van der Waals surface area contributed by atoms with Gasteiger partial charge in [0.15, 0.2) is 5.88 Å². The highest BCUT2D eigenvalue weighted by atomic mass is 16.5. The number of esters is 1. The number of hydrogen-bond acceptors (Lipinski definition) is 5. The van der Waals surface area contributed by atoms with Crippen molar-refractivity contribution in [2.24, 2.45) is 0 Å². The molecule has 0 fully saturated rings. The van der Waals surface area contributed by atoms with E-state index in [9.17, 15) is 4.79 Å². The van der Waals surface area contributed by atoms with Crippen LogP contribution in [0.25, 0.3) is 0 Å². The van der Waals surface area contributed by atoms with Gasteiger partial charge in [-0.05, 0) is 32.8 Å². The molecular formula is C13H23NO4. The average Bonchev–Trinajstić information content (AvgIpc) is 2.36. The molecule has 0 aliphatic heterocycles. The highest BCUT2D eigenvalue weighted by Crippen LogP contribution is 1.96. The Morgan fingerprint density at radius 3 is 2.72 bits per heavy atom. The zero-order valence-electron chi connectivity index (χ0n) is 11.1. The summed E-state index contributed by atoms with van der Waals surface area (Å²) in [5.74, 6) is 0.261. The van der Waals surface area contributed by atoms with Gasteiger partial charge in [-0.15, -0.1) is 0 Å². The van der Waals surface area contributed by atoms with Crippen molar-refractivity contribution in [2.45, 2.75) is 32.8 Å². The third-order valence-corrected chi connectivity index (χ3v) is 2.02. The Morgan fingerprint density at radius 2 is 2.17 bits per heavy atom. The van der Waals surface area contributed by atoms with Crippen LogP contribution in [0.4, 0.5) is 0 Å². The number of aliphatic hydroxyl groups excluding tert-OH is 1. The molecule has 0 saturated carbocycles. The van der Waals surface area contributed by atoms with E-state index in [2.05, 4.69) is 11.9 Å². The summed E-state index contributed by atoms with van der Waals surface area (Å²) in [4.78, 5) is 10.7. The largest absolute Gasteiger partial charge is 0.477 e. The van der Waals surface area contributed by atoms with E-state index in [1.807, 2.05) is 6.92 Å². The van der Waals surface area contributed by atoms with Crippen LogP contribution < -0.4 is 5.32 Å². The Labute approximate surface area is 108 Å². The van der Waals surface area contributed by atoms with Crippen LogP contribution in [0.2, 0.25) is 0 Å². The topological polar surface area (TPSA) is 67.8 Å². The van der Waals surface area contributed by atoms with Crippen molar-refractivity contribution in [1.29, 1.82) is 0 Å². The van der Waals surface area contributed by atoms with Crippen molar-refractivity contribution in [3.05, 3.63) is 24.6 Å². The zero-order valence-corrected chi connectivity index (χ0v) is 11.1. The molecule has 0 aliphatic rings. The fourth-order valence-corrected chi connectivity index (χ4v) is 1.12. The number of aliphatic hydroxyl groups is 1. The monoisotopic (exact) mass is 257 g/mol. The Hall–Kier alpha value is -1.49. The predicted molar refractivity (Wildman–Crippen MR) is 69.8 cm³/mol. The molecule has 104 valence electrons. The van der Waals surface area contributed by atoms with Gasteiger partial charge in [-0.2, -0.15) is 0 Å². The number of hydrogen-bond donors (Lipinski definition) is 2. The summed E-state index contributed by atoms with van der Waals surface area (Å²) in [6, 6.07) is 0. The van der Waals surface area contributed by atoms with Crippen LogP contribution in [0.1, 0.15) is 26.7 Å². The molecule has 0 spiro atoms. The van der Waals surface area contributed by atoms with E-state index in [0.717, 1.165) is 25.5 Å². The first-order valence-electron chi connectivity index (χ1n) is 6.10. The van der Waals surface area contributed by atoms with Crippen LogP contribution >= 0.6 is 0 Å². The van der Waals surface area contributed by atoms with Crippen LogP contribution in [0.5, 0.6) is 0 Å². The van der Waals surface area contributed by atoms with Gasteiger partial charge in [-0.1, -0.05) is 6.58 Å². The van der Waals surface area contributed by atoms with Crippen molar-refractivity contribution < 1.29 is 19.4 Å². The normalized spacial score (nSPS) is 12.7. The van der Waals surface area contributed by atoms with Crippen LogP contribution in [-0.4, -0.2) is 36.9 Å². The molecule has 0 radical (unpaired) electrons. The van der Waals surface area contributed by atoms with Crippen molar-refractivity contribution in [3.63, 3.8) is 0 Å². The van der Waals surface area contributed by atoms with Gasteiger partial charge in [0.1, 0.15) is 6.61 Å².